The summed E-state index contributed by atoms with van der Waals surface area (Å²) in [6, 6.07) is 4.86. The van der Waals surface area contributed by atoms with E-state index in [9.17, 15) is 9.90 Å². The molecule has 1 rings (SSSR count). The minimum atomic E-state index is -1.04. The number of carboxylic acid groups (broad SMARTS) is 1. The van der Waals surface area contributed by atoms with Gasteiger partial charge in [-0.2, -0.15) is 0 Å². The highest BCUT2D eigenvalue weighted by atomic mass is 16.4. The second-order valence-electron chi connectivity index (χ2n) is 5.36. The number of carbonyl (C=O) groups is 1. The first-order valence-electron chi connectivity index (χ1n) is 5.80. The number of rotatable bonds is 5. The Morgan fingerprint density at radius 1 is 1.33 bits per heavy atom. The predicted molar refractivity (Wildman–Crippen MR) is 68.4 cm³/mol. The Kier molecular flexibility index (Phi) is 4.09. The van der Waals surface area contributed by atoms with Crippen LogP contribution in [0.5, 0.6) is 0 Å². The van der Waals surface area contributed by atoms with Crippen LogP contribution in [-0.4, -0.2) is 32.3 Å². The first-order valence-corrected chi connectivity index (χ1v) is 5.80. The van der Waals surface area contributed by atoms with E-state index in [4.69, 9.17) is 5.11 Å². The zero-order valence-electron chi connectivity index (χ0n) is 11.2. The largest absolute Gasteiger partial charge is 0.477 e. The summed E-state index contributed by atoms with van der Waals surface area (Å²) in [5.41, 5.74) is -0.742. The third-order valence-corrected chi connectivity index (χ3v) is 3.27. The van der Waals surface area contributed by atoms with E-state index in [1.54, 1.807) is 26.0 Å². The van der Waals surface area contributed by atoms with Gasteiger partial charge in [0.15, 0.2) is 0 Å². The molecular formula is C13H20N2O3. The maximum absolute atomic E-state index is 10.8. The van der Waals surface area contributed by atoms with Crippen molar-refractivity contribution >= 4 is 5.97 Å². The fourth-order valence-corrected chi connectivity index (χ4v) is 1.22. The van der Waals surface area contributed by atoms with Crippen molar-refractivity contribution in [1.29, 1.82) is 0 Å². The van der Waals surface area contributed by atoms with Crippen molar-refractivity contribution in [2.75, 3.05) is 0 Å². The Bertz CT molecular complexity index is 436. The lowest BCUT2D eigenvalue weighted by molar-refractivity contribution is -0.00547. The topological polar surface area (TPSA) is 82.5 Å². The predicted octanol–water partition coefficient (Wildman–Crippen LogP) is 1.42. The molecule has 0 saturated carbocycles. The smallest absolute Gasteiger partial charge is 0.354 e. The van der Waals surface area contributed by atoms with Gasteiger partial charge in [-0.25, -0.2) is 9.78 Å². The summed E-state index contributed by atoms with van der Waals surface area (Å²) in [6.07, 6.45) is 0. The molecule has 0 saturated heterocycles. The number of aromatic carboxylic acids is 1. The first kappa shape index (κ1) is 14.6. The molecule has 0 spiro atoms. The molecule has 0 bridgehead atoms. The molecule has 0 radical (unpaired) electrons. The van der Waals surface area contributed by atoms with Crippen LogP contribution in [0.1, 0.15) is 43.9 Å². The molecule has 0 amide bonds. The SMILES string of the molecule is CC(C)(O)C(C)(C)NCc1cccc(C(=O)O)n1. The summed E-state index contributed by atoms with van der Waals surface area (Å²) >= 11 is 0. The molecule has 5 heteroatoms. The molecule has 0 unspecified atom stereocenters. The lowest BCUT2D eigenvalue weighted by atomic mass is 9.86. The number of aliphatic hydroxyl groups is 1. The zero-order chi connectivity index (χ0) is 14.0. The number of nitrogens with zero attached hydrogens (tertiary/aromatic N) is 1. The lowest BCUT2D eigenvalue weighted by Gasteiger charge is -2.38. The van der Waals surface area contributed by atoms with Gasteiger partial charge in [-0.15, -0.1) is 0 Å². The highest BCUT2D eigenvalue weighted by Crippen LogP contribution is 2.20. The van der Waals surface area contributed by atoms with Crippen LogP contribution in [-0.2, 0) is 6.54 Å². The maximum Gasteiger partial charge on any atom is 0.354 e. The Labute approximate surface area is 107 Å². The quantitative estimate of drug-likeness (QED) is 0.738. The van der Waals surface area contributed by atoms with Gasteiger partial charge in [-0.05, 0) is 39.8 Å². The Morgan fingerprint density at radius 2 is 1.94 bits per heavy atom. The molecule has 0 fully saturated rings. The van der Waals surface area contributed by atoms with E-state index < -0.39 is 17.1 Å². The van der Waals surface area contributed by atoms with Crippen molar-refractivity contribution < 1.29 is 15.0 Å². The third kappa shape index (κ3) is 3.51. The number of nitrogens with one attached hydrogen (secondary N) is 1. The zero-order valence-corrected chi connectivity index (χ0v) is 11.2. The third-order valence-electron chi connectivity index (χ3n) is 3.27. The highest BCUT2D eigenvalue weighted by molar-refractivity contribution is 5.85. The molecule has 1 heterocycles. The van der Waals surface area contributed by atoms with Gasteiger partial charge in [0.2, 0.25) is 0 Å². The molecule has 3 N–H and O–H groups in total. The molecule has 0 atom stereocenters. The molecule has 0 aliphatic heterocycles. The van der Waals surface area contributed by atoms with E-state index in [2.05, 4.69) is 10.3 Å². The Balaban J connectivity index is 2.75. The maximum atomic E-state index is 10.8. The van der Waals surface area contributed by atoms with Gasteiger partial charge in [0.1, 0.15) is 5.69 Å². The van der Waals surface area contributed by atoms with Crippen LogP contribution in [0.3, 0.4) is 0 Å². The van der Waals surface area contributed by atoms with Crippen molar-refractivity contribution in [1.82, 2.24) is 10.3 Å². The standard InChI is InChI=1S/C13H20N2O3/c1-12(2,13(3,4)18)14-8-9-6-5-7-10(15-9)11(16)17/h5-7,14,18H,8H2,1-4H3,(H,16,17). The van der Waals surface area contributed by atoms with E-state index in [0.717, 1.165) is 0 Å². The van der Waals surface area contributed by atoms with Gasteiger partial charge in [0, 0.05) is 12.1 Å². The van der Waals surface area contributed by atoms with Crippen molar-refractivity contribution in [3.63, 3.8) is 0 Å². The van der Waals surface area contributed by atoms with E-state index in [1.807, 2.05) is 13.8 Å². The summed E-state index contributed by atoms with van der Waals surface area (Å²) in [5, 5.41) is 22.0. The van der Waals surface area contributed by atoms with Crippen LogP contribution < -0.4 is 5.32 Å². The van der Waals surface area contributed by atoms with E-state index in [1.165, 1.54) is 6.07 Å². The van der Waals surface area contributed by atoms with Crippen LogP contribution in [0.4, 0.5) is 0 Å². The fourth-order valence-electron chi connectivity index (χ4n) is 1.22. The average Bonchev–Trinajstić information content (AvgIpc) is 2.25. The molecule has 5 nitrogen and oxygen atoms in total. The Morgan fingerprint density at radius 3 is 2.44 bits per heavy atom. The number of hydrogen-bond donors (Lipinski definition) is 3. The van der Waals surface area contributed by atoms with Crippen LogP contribution >= 0.6 is 0 Å². The molecular weight excluding hydrogens is 232 g/mol. The van der Waals surface area contributed by atoms with Crippen molar-refractivity contribution in [3.05, 3.63) is 29.6 Å². The molecule has 100 valence electrons. The van der Waals surface area contributed by atoms with Gasteiger partial charge in [-0.3, -0.25) is 0 Å². The summed E-state index contributed by atoms with van der Waals surface area (Å²) in [5.74, 6) is -1.04. The number of aromatic nitrogens is 1. The van der Waals surface area contributed by atoms with Crippen LogP contribution in [0.15, 0.2) is 18.2 Å². The Hall–Kier alpha value is -1.46. The minimum Gasteiger partial charge on any atom is -0.477 e. The molecule has 1 aromatic heterocycles. The van der Waals surface area contributed by atoms with Crippen LogP contribution in [0.2, 0.25) is 0 Å². The molecule has 0 aromatic carbocycles. The van der Waals surface area contributed by atoms with Crippen molar-refractivity contribution in [2.24, 2.45) is 0 Å². The lowest BCUT2D eigenvalue weighted by Crippen LogP contribution is -2.55. The number of pyridine rings is 1. The van der Waals surface area contributed by atoms with E-state index in [0.29, 0.717) is 12.2 Å². The minimum absolute atomic E-state index is 0.0235. The fraction of sp³-hybridized carbons (Fsp3) is 0.538. The molecule has 0 aliphatic rings. The van der Waals surface area contributed by atoms with Gasteiger partial charge >= 0.3 is 5.97 Å². The van der Waals surface area contributed by atoms with Crippen molar-refractivity contribution in [3.8, 4) is 0 Å². The monoisotopic (exact) mass is 252 g/mol. The second-order valence-corrected chi connectivity index (χ2v) is 5.36. The number of hydrogen-bond acceptors (Lipinski definition) is 4. The van der Waals surface area contributed by atoms with Gasteiger partial charge in [0.25, 0.3) is 0 Å². The average molecular weight is 252 g/mol. The highest BCUT2D eigenvalue weighted by Gasteiger charge is 2.34. The van der Waals surface area contributed by atoms with Gasteiger partial charge in [0.05, 0.1) is 11.3 Å². The van der Waals surface area contributed by atoms with E-state index >= 15 is 0 Å². The van der Waals surface area contributed by atoms with Crippen LogP contribution in [0, 0.1) is 0 Å². The van der Waals surface area contributed by atoms with Crippen molar-refractivity contribution in [2.45, 2.75) is 45.4 Å². The van der Waals surface area contributed by atoms with Gasteiger partial charge < -0.3 is 15.5 Å². The van der Waals surface area contributed by atoms with Gasteiger partial charge in [-0.1, -0.05) is 6.07 Å². The van der Waals surface area contributed by atoms with E-state index in [-0.39, 0.29) is 5.69 Å². The molecule has 1 aromatic rings. The molecule has 0 aliphatic carbocycles. The summed E-state index contributed by atoms with van der Waals surface area (Å²) in [6.45, 7) is 7.61. The normalized spacial score (nSPS) is 12.5. The van der Waals surface area contributed by atoms with Crippen LogP contribution in [0.25, 0.3) is 0 Å². The molecule has 18 heavy (non-hydrogen) atoms. The summed E-state index contributed by atoms with van der Waals surface area (Å²) in [4.78, 5) is 14.8. The second kappa shape index (κ2) is 5.04. The summed E-state index contributed by atoms with van der Waals surface area (Å²) < 4.78 is 0. The number of carboxylic acids is 1. The first-order chi connectivity index (χ1) is 8.13. The summed E-state index contributed by atoms with van der Waals surface area (Å²) in [7, 11) is 0.